The van der Waals surface area contributed by atoms with Crippen LogP contribution in [0.4, 0.5) is 0 Å². The van der Waals surface area contributed by atoms with E-state index in [1.165, 1.54) is 0 Å². The fourth-order valence-electron chi connectivity index (χ4n) is 1.72. The Labute approximate surface area is 119 Å². The Morgan fingerprint density at radius 2 is 2.00 bits per heavy atom. The zero-order chi connectivity index (χ0) is 14.4. The number of hydrogen-bond acceptors (Lipinski definition) is 3. The van der Waals surface area contributed by atoms with Gasteiger partial charge in [-0.2, -0.15) is 0 Å². The number of likely N-dealkylation sites (N-methyl/N-ethyl adjacent to an activating group) is 1. The molecule has 0 fully saturated rings. The van der Waals surface area contributed by atoms with Gasteiger partial charge in [0.2, 0.25) is 0 Å². The smallest absolute Gasteiger partial charge is 0.260 e. The van der Waals surface area contributed by atoms with Gasteiger partial charge in [0.05, 0.1) is 0 Å². The second-order valence-corrected chi connectivity index (χ2v) is 4.64. The Morgan fingerprint density at radius 3 is 2.53 bits per heavy atom. The Bertz CT molecular complexity index is 471. The monoisotopic (exact) mass is 280 g/mol. The molecule has 19 heavy (non-hydrogen) atoms. The van der Waals surface area contributed by atoms with E-state index >= 15 is 0 Å². The molecule has 0 atom stereocenters. The zero-order valence-corrected chi connectivity index (χ0v) is 12.4. The number of amides is 1. The molecule has 0 aliphatic heterocycles. The van der Waals surface area contributed by atoms with Crippen molar-refractivity contribution < 1.29 is 9.53 Å². The van der Waals surface area contributed by atoms with Crippen LogP contribution in [0, 0.1) is 6.92 Å². The first-order chi connectivity index (χ1) is 8.99. The van der Waals surface area contributed by atoms with Gasteiger partial charge in [-0.1, -0.05) is 24.4 Å². The summed E-state index contributed by atoms with van der Waals surface area (Å²) in [7, 11) is 0. The van der Waals surface area contributed by atoms with Crippen LogP contribution in [0.2, 0.25) is 0 Å². The predicted molar refractivity (Wildman–Crippen MR) is 80.5 cm³/mol. The second-order valence-electron chi connectivity index (χ2n) is 4.20. The van der Waals surface area contributed by atoms with Crippen LogP contribution in [0.5, 0.6) is 5.75 Å². The molecular formula is C14H20N2O2S. The topological polar surface area (TPSA) is 55.6 Å². The molecule has 0 aliphatic carbocycles. The van der Waals surface area contributed by atoms with Crippen molar-refractivity contribution in [2.45, 2.75) is 20.8 Å². The molecule has 5 heteroatoms. The number of benzene rings is 1. The Balaban J connectivity index is 2.74. The third-order valence-electron chi connectivity index (χ3n) is 2.94. The minimum absolute atomic E-state index is 0.0230. The van der Waals surface area contributed by atoms with Crippen molar-refractivity contribution in [2.24, 2.45) is 5.73 Å². The van der Waals surface area contributed by atoms with Gasteiger partial charge in [0.1, 0.15) is 10.7 Å². The van der Waals surface area contributed by atoms with E-state index in [9.17, 15) is 4.79 Å². The summed E-state index contributed by atoms with van der Waals surface area (Å²) in [5.41, 5.74) is 7.27. The van der Waals surface area contributed by atoms with E-state index < -0.39 is 0 Å². The Kier molecular flexibility index (Phi) is 5.76. The molecule has 104 valence electrons. The average molecular weight is 280 g/mol. The van der Waals surface area contributed by atoms with Gasteiger partial charge in [-0.05, 0) is 32.4 Å². The number of aryl methyl sites for hydroxylation is 1. The summed E-state index contributed by atoms with van der Waals surface area (Å²) in [5.74, 6) is 0.621. The second kappa shape index (κ2) is 7.09. The third kappa shape index (κ3) is 4.21. The number of carbonyl (C=O) groups excluding carboxylic acids is 1. The number of nitrogens with two attached hydrogens (primary N) is 1. The summed E-state index contributed by atoms with van der Waals surface area (Å²) in [6.07, 6.45) is 0. The maximum absolute atomic E-state index is 11.9. The van der Waals surface area contributed by atoms with Crippen LogP contribution in [-0.4, -0.2) is 35.5 Å². The van der Waals surface area contributed by atoms with Gasteiger partial charge >= 0.3 is 0 Å². The molecule has 2 N–H and O–H groups in total. The van der Waals surface area contributed by atoms with Crippen molar-refractivity contribution in [2.75, 3.05) is 19.7 Å². The van der Waals surface area contributed by atoms with E-state index in [0.717, 1.165) is 11.1 Å². The molecule has 0 radical (unpaired) electrons. The molecule has 1 rings (SSSR count). The van der Waals surface area contributed by atoms with E-state index in [1.807, 2.05) is 32.9 Å². The minimum Gasteiger partial charge on any atom is -0.483 e. The molecule has 0 aliphatic rings. The summed E-state index contributed by atoms with van der Waals surface area (Å²) in [4.78, 5) is 13.9. The van der Waals surface area contributed by atoms with Crippen molar-refractivity contribution in [3.8, 4) is 5.75 Å². The third-order valence-corrected chi connectivity index (χ3v) is 3.18. The van der Waals surface area contributed by atoms with Crippen molar-refractivity contribution >= 4 is 23.1 Å². The van der Waals surface area contributed by atoms with Gasteiger partial charge in [0.25, 0.3) is 5.91 Å². The normalized spacial score (nSPS) is 10.1. The van der Waals surface area contributed by atoms with Crippen molar-refractivity contribution in [1.29, 1.82) is 0 Å². The summed E-state index contributed by atoms with van der Waals surface area (Å²) < 4.78 is 5.57. The quantitative estimate of drug-likeness (QED) is 0.808. The lowest BCUT2D eigenvalue weighted by atomic mass is 10.1. The number of ether oxygens (including phenoxy) is 1. The number of carbonyl (C=O) groups is 1. The van der Waals surface area contributed by atoms with Gasteiger partial charge in [0, 0.05) is 18.7 Å². The molecule has 1 aromatic carbocycles. The fourth-order valence-corrected chi connectivity index (χ4v) is 1.84. The Hall–Kier alpha value is -1.62. The lowest BCUT2D eigenvalue weighted by molar-refractivity contribution is -0.132. The van der Waals surface area contributed by atoms with Crippen LogP contribution in [0.25, 0.3) is 0 Å². The molecule has 1 aromatic rings. The SMILES string of the molecule is CCN(CC)C(=O)COc1cc(C(N)=S)ccc1C. The standard InChI is InChI=1S/C14H20N2O2S/c1-4-16(5-2)13(17)9-18-12-8-11(14(15)19)7-6-10(12)3/h6-8H,4-5,9H2,1-3H3,(H2,15,19). The van der Waals surface area contributed by atoms with Gasteiger partial charge in [-0.3, -0.25) is 4.79 Å². The number of nitrogens with zero attached hydrogens (tertiary/aromatic N) is 1. The highest BCUT2D eigenvalue weighted by molar-refractivity contribution is 7.80. The average Bonchev–Trinajstić information content (AvgIpc) is 2.38. The van der Waals surface area contributed by atoms with Crippen molar-refractivity contribution in [3.63, 3.8) is 0 Å². The first-order valence-electron chi connectivity index (χ1n) is 6.30. The molecule has 0 heterocycles. The minimum atomic E-state index is -0.0230. The van der Waals surface area contributed by atoms with E-state index in [4.69, 9.17) is 22.7 Å². The molecule has 0 bridgehead atoms. The maximum Gasteiger partial charge on any atom is 0.260 e. The highest BCUT2D eigenvalue weighted by atomic mass is 32.1. The molecule has 0 aromatic heterocycles. The van der Waals surface area contributed by atoms with Crippen LogP contribution in [-0.2, 0) is 4.79 Å². The summed E-state index contributed by atoms with van der Waals surface area (Å²) in [5, 5.41) is 0. The first-order valence-corrected chi connectivity index (χ1v) is 6.71. The molecule has 0 unspecified atom stereocenters. The fraction of sp³-hybridized carbons (Fsp3) is 0.429. The number of hydrogen-bond donors (Lipinski definition) is 1. The lowest BCUT2D eigenvalue weighted by Crippen LogP contribution is -2.34. The number of rotatable bonds is 6. The molecule has 0 spiro atoms. The van der Waals surface area contributed by atoms with Crippen LogP contribution in [0.3, 0.4) is 0 Å². The highest BCUT2D eigenvalue weighted by Crippen LogP contribution is 2.19. The summed E-state index contributed by atoms with van der Waals surface area (Å²) in [6, 6.07) is 5.50. The predicted octanol–water partition coefficient (Wildman–Crippen LogP) is 1.88. The lowest BCUT2D eigenvalue weighted by Gasteiger charge is -2.19. The Morgan fingerprint density at radius 1 is 1.37 bits per heavy atom. The summed E-state index contributed by atoms with van der Waals surface area (Å²) in [6.45, 7) is 7.21. The van der Waals surface area contributed by atoms with Crippen molar-refractivity contribution in [3.05, 3.63) is 29.3 Å². The van der Waals surface area contributed by atoms with Crippen LogP contribution in [0.1, 0.15) is 25.0 Å². The van der Waals surface area contributed by atoms with Crippen LogP contribution < -0.4 is 10.5 Å². The first kappa shape index (κ1) is 15.4. The van der Waals surface area contributed by atoms with E-state index in [2.05, 4.69) is 0 Å². The van der Waals surface area contributed by atoms with Crippen LogP contribution >= 0.6 is 12.2 Å². The molecular weight excluding hydrogens is 260 g/mol. The van der Waals surface area contributed by atoms with Gasteiger partial charge in [-0.25, -0.2) is 0 Å². The largest absolute Gasteiger partial charge is 0.483 e. The number of thiocarbonyl (C=S) groups is 1. The highest BCUT2D eigenvalue weighted by Gasteiger charge is 2.11. The van der Waals surface area contributed by atoms with Gasteiger partial charge < -0.3 is 15.4 Å². The molecule has 0 saturated heterocycles. The van der Waals surface area contributed by atoms with E-state index in [1.54, 1.807) is 11.0 Å². The summed E-state index contributed by atoms with van der Waals surface area (Å²) >= 11 is 4.93. The molecule has 4 nitrogen and oxygen atoms in total. The molecule has 1 amide bonds. The van der Waals surface area contributed by atoms with Crippen LogP contribution in [0.15, 0.2) is 18.2 Å². The van der Waals surface area contributed by atoms with Gasteiger partial charge in [0.15, 0.2) is 6.61 Å². The van der Waals surface area contributed by atoms with E-state index in [0.29, 0.717) is 23.8 Å². The maximum atomic E-state index is 11.9. The zero-order valence-electron chi connectivity index (χ0n) is 11.6. The molecule has 0 saturated carbocycles. The van der Waals surface area contributed by atoms with Crippen molar-refractivity contribution in [1.82, 2.24) is 4.90 Å². The van der Waals surface area contributed by atoms with Gasteiger partial charge in [-0.15, -0.1) is 0 Å². The van der Waals surface area contributed by atoms with E-state index in [-0.39, 0.29) is 12.5 Å².